The van der Waals surface area contributed by atoms with Gasteiger partial charge in [-0.3, -0.25) is 9.59 Å². The van der Waals surface area contributed by atoms with E-state index in [9.17, 15) is 19.5 Å². The van der Waals surface area contributed by atoms with Crippen LogP contribution in [0.5, 0.6) is 0 Å². The number of likely N-dealkylation sites (tertiary alicyclic amines) is 1. The van der Waals surface area contributed by atoms with Crippen LogP contribution in [0.3, 0.4) is 0 Å². The van der Waals surface area contributed by atoms with Crippen molar-refractivity contribution >= 4 is 28.7 Å². The number of piperidine rings is 1. The van der Waals surface area contributed by atoms with Gasteiger partial charge in [0.15, 0.2) is 0 Å². The van der Waals surface area contributed by atoms with Gasteiger partial charge in [-0.2, -0.15) is 0 Å². The first-order chi connectivity index (χ1) is 15.4. The van der Waals surface area contributed by atoms with E-state index < -0.39 is 24.0 Å². The van der Waals surface area contributed by atoms with E-state index in [0.29, 0.717) is 18.4 Å². The van der Waals surface area contributed by atoms with Crippen molar-refractivity contribution in [3.8, 4) is 0 Å². The summed E-state index contributed by atoms with van der Waals surface area (Å²) in [5, 5.41) is 13.6. The van der Waals surface area contributed by atoms with Gasteiger partial charge in [0.1, 0.15) is 6.04 Å². The average molecular weight is 434 g/mol. The molecule has 2 aromatic carbocycles. The molecular formula is C24H26N4O4. The number of hydrogen-bond donors (Lipinski definition) is 4. The van der Waals surface area contributed by atoms with Crippen LogP contribution >= 0.6 is 0 Å². The van der Waals surface area contributed by atoms with Gasteiger partial charge in [-0.15, -0.1) is 0 Å². The maximum Gasteiger partial charge on any atom is 0.326 e. The Kier molecular flexibility index (Phi) is 6.23. The fourth-order valence-electron chi connectivity index (χ4n) is 4.29. The normalized spacial score (nSPS) is 19.5. The first-order valence-electron chi connectivity index (χ1n) is 10.6. The zero-order chi connectivity index (χ0) is 22.7. The minimum Gasteiger partial charge on any atom is -0.480 e. The minimum absolute atomic E-state index is 0.138. The number of nitrogens with zero attached hydrogens (tertiary/aromatic N) is 1. The number of fused-ring (bicyclic) bond motifs is 1. The summed E-state index contributed by atoms with van der Waals surface area (Å²) in [7, 11) is 0. The van der Waals surface area contributed by atoms with Gasteiger partial charge in [0.05, 0.1) is 6.04 Å². The third-order valence-electron chi connectivity index (χ3n) is 5.97. The highest BCUT2D eigenvalue weighted by Gasteiger charge is 2.38. The Morgan fingerprint density at radius 2 is 1.84 bits per heavy atom. The molecule has 0 saturated carbocycles. The summed E-state index contributed by atoms with van der Waals surface area (Å²) >= 11 is 0. The SMILES string of the molecule is NC(Cc1c[nH]c2ccccc12)C(=O)N1CC[C@H](NC(=O)c2ccccc2)C[C@H]1C(=O)O. The van der Waals surface area contributed by atoms with Crippen molar-refractivity contribution in [1.29, 1.82) is 0 Å². The average Bonchev–Trinajstić information content (AvgIpc) is 3.22. The van der Waals surface area contributed by atoms with Gasteiger partial charge in [0.2, 0.25) is 5.91 Å². The van der Waals surface area contributed by atoms with E-state index in [2.05, 4.69) is 10.3 Å². The lowest BCUT2D eigenvalue weighted by molar-refractivity contribution is -0.153. The molecular weight excluding hydrogens is 408 g/mol. The minimum atomic E-state index is -1.10. The second-order valence-electron chi connectivity index (χ2n) is 8.12. The second kappa shape index (κ2) is 9.23. The predicted octanol–water partition coefficient (Wildman–Crippen LogP) is 1.91. The Balaban J connectivity index is 1.42. The third-order valence-corrected chi connectivity index (χ3v) is 5.97. The first kappa shape index (κ1) is 21.6. The number of amides is 2. The highest BCUT2D eigenvalue weighted by Crippen LogP contribution is 2.22. The standard InChI is InChI=1S/C24H26N4O4/c25-19(12-16-14-26-20-9-5-4-8-18(16)20)23(30)28-11-10-17(13-21(28)24(31)32)27-22(29)15-6-2-1-3-7-15/h1-9,14,17,19,21,26H,10-13,25H2,(H,27,29)(H,31,32)/t17-,19?,21-/m0/s1. The number of para-hydroxylation sites is 1. The van der Waals surface area contributed by atoms with Crippen molar-refractivity contribution in [2.45, 2.75) is 37.4 Å². The Hall–Kier alpha value is -3.65. The molecule has 5 N–H and O–H groups in total. The van der Waals surface area contributed by atoms with Crippen LogP contribution in [0.1, 0.15) is 28.8 Å². The number of hydrogen-bond acceptors (Lipinski definition) is 4. The van der Waals surface area contributed by atoms with E-state index in [1.807, 2.05) is 36.5 Å². The van der Waals surface area contributed by atoms with Gasteiger partial charge < -0.3 is 26.0 Å². The van der Waals surface area contributed by atoms with Gasteiger partial charge in [-0.05, 0) is 43.0 Å². The molecule has 1 aliphatic rings. The molecule has 0 bridgehead atoms. The summed E-state index contributed by atoms with van der Waals surface area (Å²) < 4.78 is 0. The fourth-order valence-corrected chi connectivity index (χ4v) is 4.29. The summed E-state index contributed by atoms with van der Waals surface area (Å²) in [6.45, 7) is 0.219. The molecule has 0 radical (unpaired) electrons. The Morgan fingerprint density at radius 3 is 2.59 bits per heavy atom. The smallest absolute Gasteiger partial charge is 0.326 e. The maximum atomic E-state index is 13.1. The highest BCUT2D eigenvalue weighted by molar-refractivity contribution is 5.94. The number of aromatic nitrogens is 1. The van der Waals surface area contributed by atoms with E-state index in [-0.39, 0.29) is 24.9 Å². The quantitative estimate of drug-likeness (QED) is 0.471. The predicted molar refractivity (Wildman–Crippen MR) is 120 cm³/mol. The lowest BCUT2D eigenvalue weighted by Crippen LogP contribution is -2.58. The monoisotopic (exact) mass is 434 g/mol. The van der Waals surface area contributed by atoms with Gasteiger partial charge in [-0.25, -0.2) is 4.79 Å². The van der Waals surface area contributed by atoms with Crippen LogP contribution in [0.25, 0.3) is 10.9 Å². The fraction of sp³-hybridized carbons (Fsp3) is 0.292. The highest BCUT2D eigenvalue weighted by atomic mass is 16.4. The Labute approximate surface area is 185 Å². The number of aliphatic carboxylic acids is 1. The Morgan fingerprint density at radius 1 is 1.12 bits per heavy atom. The summed E-state index contributed by atoms with van der Waals surface area (Å²) in [5.74, 6) is -1.75. The number of H-pyrrole nitrogens is 1. The van der Waals surface area contributed by atoms with Crippen LogP contribution in [0, 0.1) is 0 Å². The molecule has 2 heterocycles. The lowest BCUT2D eigenvalue weighted by Gasteiger charge is -2.38. The van der Waals surface area contributed by atoms with Crippen LogP contribution in [0.2, 0.25) is 0 Å². The zero-order valence-corrected chi connectivity index (χ0v) is 17.5. The molecule has 1 aromatic heterocycles. The number of nitrogens with one attached hydrogen (secondary N) is 2. The summed E-state index contributed by atoms with van der Waals surface area (Å²) in [5.41, 5.74) is 8.60. The van der Waals surface area contributed by atoms with Gasteiger partial charge in [0, 0.05) is 35.2 Å². The number of carboxylic acids is 1. The van der Waals surface area contributed by atoms with E-state index in [4.69, 9.17) is 5.73 Å². The second-order valence-corrected chi connectivity index (χ2v) is 8.12. The summed E-state index contributed by atoms with van der Waals surface area (Å²) in [6.07, 6.45) is 2.74. The topological polar surface area (TPSA) is 129 Å². The van der Waals surface area contributed by atoms with Crippen molar-refractivity contribution < 1.29 is 19.5 Å². The number of carbonyl (C=O) groups excluding carboxylic acids is 2. The molecule has 2 amide bonds. The maximum absolute atomic E-state index is 13.1. The van der Waals surface area contributed by atoms with Crippen molar-refractivity contribution in [3.05, 3.63) is 71.9 Å². The first-order valence-corrected chi connectivity index (χ1v) is 10.6. The number of carbonyl (C=O) groups is 3. The van der Waals surface area contributed by atoms with Gasteiger partial charge in [-0.1, -0.05) is 36.4 Å². The van der Waals surface area contributed by atoms with Crippen molar-refractivity contribution in [2.24, 2.45) is 5.73 Å². The molecule has 1 fully saturated rings. The molecule has 0 spiro atoms. The van der Waals surface area contributed by atoms with Crippen LogP contribution in [-0.2, 0) is 16.0 Å². The number of rotatable bonds is 6. The van der Waals surface area contributed by atoms with Crippen LogP contribution in [0.4, 0.5) is 0 Å². The number of benzene rings is 2. The molecule has 3 atom stereocenters. The molecule has 166 valence electrons. The van der Waals surface area contributed by atoms with E-state index in [1.54, 1.807) is 24.3 Å². The zero-order valence-electron chi connectivity index (χ0n) is 17.5. The van der Waals surface area contributed by atoms with Crippen molar-refractivity contribution in [2.75, 3.05) is 6.54 Å². The van der Waals surface area contributed by atoms with Gasteiger partial charge >= 0.3 is 5.97 Å². The van der Waals surface area contributed by atoms with E-state index in [0.717, 1.165) is 16.5 Å². The molecule has 32 heavy (non-hydrogen) atoms. The van der Waals surface area contributed by atoms with Crippen molar-refractivity contribution in [1.82, 2.24) is 15.2 Å². The lowest BCUT2D eigenvalue weighted by atomic mass is 9.95. The third kappa shape index (κ3) is 4.50. The summed E-state index contributed by atoms with van der Waals surface area (Å²) in [6, 6.07) is 14.3. The van der Waals surface area contributed by atoms with Crippen LogP contribution in [0.15, 0.2) is 60.8 Å². The number of aromatic amines is 1. The number of carboxylic acid groups (broad SMARTS) is 1. The molecule has 0 aliphatic carbocycles. The Bertz CT molecular complexity index is 1130. The molecule has 1 saturated heterocycles. The molecule has 8 heteroatoms. The van der Waals surface area contributed by atoms with Crippen LogP contribution in [-0.4, -0.2) is 57.4 Å². The summed E-state index contributed by atoms with van der Waals surface area (Å²) in [4.78, 5) is 41.9. The number of nitrogens with two attached hydrogens (primary N) is 1. The molecule has 4 rings (SSSR count). The van der Waals surface area contributed by atoms with Crippen LogP contribution < -0.4 is 11.1 Å². The van der Waals surface area contributed by atoms with Crippen molar-refractivity contribution in [3.63, 3.8) is 0 Å². The van der Waals surface area contributed by atoms with E-state index >= 15 is 0 Å². The largest absolute Gasteiger partial charge is 0.480 e. The molecule has 1 unspecified atom stereocenters. The molecule has 3 aromatic rings. The molecule has 1 aliphatic heterocycles. The van der Waals surface area contributed by atoms with Gasteiger partial charge in [0.25, 0.3) is 5.91 Å². The molecule has 8 nitrogen and oxygen atoms in total. The van der Waals surface area contributed by atoms with E-state index in [1.165, 1.54) is 4.90 Å².